The van der Waals surface area contributed by atoms with Crippen LogP contribution in [0, 0.1) is 6.92 Å². The van der Waals surface area contributed by atoms with E-state index in [1.165, 1.54) is 23.5 Å². The molecule has 0 aliphatic rings. The Morgan fingerprint density at radius 1 is 1.20 bits per heavy atom. The molecule has 1 aromatic heterocycles. The molecule has 7 nitrogen and oxygen atoms in total. The van der Waals surface area contributed by atoms with E-state index in [0.29, 0.717) is 26.4 Å². The topological polar surface area (TPSA) is 111 Å². The van der Waals surface area contributed by atoms with Crippen LogP contribution in [-0.4, -0.2) is 19.3 Å². The number of rotatable bonds is 7. The number of amides is 1. The second kappa shape index (κ2) is 9.13. The zero-order valence-electron chi connectivity index (χ0n) is 16.3. The normalized spacial score (nSPS) is 12.4. The highest BCUT2D eigenvalue weighted by Crippen LogP contribution is 2.23. The van der Waals surface area contributed by atoms with Crippen LogP contribution < -0.4 is 15.2 Å². The average molecular weight is 466 g/mol. The number of hydrogen-bond donors (Lipinski definition) is 2. The molecule has 0 bridgehead atoms. The number of primary sulfonamides is 1. The van der Waals surface area contributed by atoms with Gasteiger partial charge in [0, 0.05) is 5.02 Å². The van der Waals surface area contributed by atoms with Gasteiger partial charge in [0.1, 0.15) is 22.2 Å². The van der Waals surface area contributed by atoms with Gasteiger partial charge in [-0.3, -0.25) is 4.79 Å². The Kier molecular flexibility index (Phi) is 6.77. The van der Waals surface area contributed by atoms with E-state index in [9.17, 15) is 13.2 Å². The van der Waals surface area contributed by atoms with Crippen molar-refractivity contribution in [2.24, 2.45) is 5.14 Å². The number of nitrogens with zero attached hydrogens (tertiary/aromatic N) is 1. The van der Waals surface area contributed by atoms with E-state index in [1.807, 2.05) is 6.92 Å². The van der Waals surface area contributed by atoms with E-state index < -0.39 is 10.0 Å². The lowest BCUT2D eigenvalue weighted by Crippen LogP contribution is -2.26. The Morgan fingerprint density at radius 2 is 1.83 bits per heavy atom. The van der Waals surface area contributed by atoms with Gasteiger partial charge in [-0.25, -0.2) is 18.5 Å². The van der Waals surface area contributed by atoms with Crippen molar-refractivity contribution in [3.05, 3.63) is 74.7 Å². The van der Waals surface area contributed by atoms with Crippen molar-refractivity contribution >= 4 is 38.9 Å². The van der Waals surface area contributed by atoms with Crippen LogP contribution in [0.5, 0.6) is 5.75 Å². The summed E-state index contributed by atoms with van der Waals surface area (Å²) in [6.45, 7) is 3.82. The Balaban J connectivity index is 1.64. The molecule has 0 aliphatic heterocycles. The number of aromatic nitrogens is 1. The fraction of sp³-hybridized carbons (Fsp3) is 0.200. The van der Waals surface area contributed by atoms with Gasteiger partial charge >= 0.3 is 0 Å². The number of sulfonamides is 1. The van der Waals surface area contributed by atoms with Crippen LogP contribution in [0.1, 0.15) is 38.9 Å². The van der Waals surface area contributed by atoms with Crippen LogP contribution in [0.2, 0.25) is 5.02 Å². The first-order valence-electron chi connectivity index (χ1n) is 8.92. The van der Waals surface area contributed by atoms with E-state index in [1.54, 1.807) is 43.3 Å². The Labute approximate surface area is 183 Å². The molecule has 158 valence electrons. The molecule has 0 fully saturated rings. The average Bonchev–Trinajstić information content (AvgIpc) is 3.07. The molecule has 0 aliphatic carbocycles. The number of nitrogens with one attached hydrogen (secondary N) is 1. The van der Waals surface area contributed by atoms with E-state index in [4.69, 9.17) is 21.5 Å². The fourth-order valence-electron chi connectivity index (χ4n) is 2.69. The number of aryl methyl sites for hydroxylation is 1. The van der Waals surface area contributed by atoms with Gasteiger partial charge in [0.25, 0.3) is 5.91 Å². The molecule has 3 N–H and O–H groups in total. The molecule has 0 saturated carbocycles. The first kappa shape index (κ1) is 22.2. The molecule has 3 aromatic rings. The van der Waals surface area contributed by atoms with E-state index in [-0.39, 0.29) is 23.5 Å². The minimum absolute atomic E-state index is 0.0217. The molecule has 1 heterocycles. The molecule has 0 saturated heterocycles. The summed E-state index contributed by atoms with van der Waals surface area (Å²) in [5.74, 6) is 0.403. The summed E-state index contributed by atoms with van der Waals surface area (Å²) in [5.41, 5.74) is 1.37. The van der Waals surface area contributed by atoms with Crippen LogP contribution in [0.15, 0.2) is 53.4 Å². The predicted octanol–water partition coefficient (Wildman–Crippen LogP) is 3.82. The van der Waals surface area contributed by atoms with Crippen molar-refractivity contribution in [1.82, 2.24) is 10.3 Å². The van der Waals surface area contributed by atoms with E-state index in [0.717, 1.165) is 5.56 Å². The number of halogens is 1. The first-order chi connectivity index (χ1) is 14.1. The summed E-state index contributed by atoms with van der Waals surface area (Å²) in [7, 11) is -3.75. The van der Waals surface area contributed by atoms with E-state index >= 15 is 0 Å². The van der Waals surface area contributed by atoms with Crippen LogP contribution in [0.3, 0.4) is 0 Å². The number of thiazole rings is 1. The number of carbonyl (C=O) groups is 1. The molecule has 2 aromatic carbocycles. The number of nitrogens with two attached hydrogens (primary N) is 1. The smallest absolute Gasteiger partial charge is 0.263 e. The zero-order chi connectivity index (χ0) is 21.9. The van der Waals surface area contributed by atoms with Gasteiger partial charge in [-0.1, -0.05) is 23.7 Å². The minimum Gasteiger partial charge on any atom is -0.486 e. The SMILES string of the molecule is Cc1nc(COc2ccc(Cl)cc2)sc1C(=O)NC(C)c1ccc(S(N)(=O)=O)cc1. The van der Waals surface area contributed by atoms with Crippen molar-refractivity contribution in [3.63, 3.8) is 0 Å². The summed E-state index contributed by atoms with van der Waals surface area (Å²) >= 11 is 7.12. The fourth-order valence-corrected chi connectivity index (χ4v) is 4.21. The van der Waals surface area contributed by atoms with Crippen molar-refractivity contribution in [2.75, 3.05) is 0 Å². The third-order valence-electron chi connectivity index (χ3n) is 4.28. The lowest BCUT2D eigenvalue weighted by Gasteiger charge is -2.14. The molecule has 0 spiro atoms. The van der Waals surface area contributed by atoms with Crippen molar-refractivity contribution < 1.29 is 17.9 Å². The maximum atomic E-state index is 12.7. The number of carbonyl (C=O) groups excluding carboxylic acids is 1. The lowest BCUT2D eigenvalue weighted by atomic mass is 10.1. The highest BCUT2D eigenvalue weighted by atomic mass is 35.5. The molecule has 1 atom stereocenters. The summed E-state index contributed by atoms with van der Waals surface area (Å²) < 4.78 is 28.4. The highest BCUT2D eigenvalue weighted by molar-refractivity contribution is 7.89. The van der Waals surface area contributed by atoms with Gasteiger partial charge in [0.2, 0.25) is 10.0 Å². The third-order valence-corrected chi connectivity index (χ3v) is 6.59. The van der Waals surface area contributed by atoms with E-state index in [2.05, 4.69) is 10.3 Å². The monoisotopic (exact) mass is 465 g/mol. The minimum atomic E-state index is -3.75. The number of ether oxygens (including phenoxy) is 1. The van der Waals surface area contributed by atoms with Gasteiger partial charge in [-0.05, 0) is 55.8 Å². The second-order valence-electron chi connectivity index (χ2n) is 6.57. The molecular weight excluding hydrogens is 446 g/mol. The van der Waals surface area contributed by atoms with Crippen molar-refractivity contribution in [1.29, 1.82) is 0 Å². The summed E-state index contributed by atoms with van der Waals surface area (Å²) in [5, 5.41) is 9.31. The van der Waals surface area contributed by atoms with Gasteiger partial charge in [-0.15, -0.1) is 11.3 Å². The highest BCUT2D eigenvalue weighted by Gasteiger charge is 2.18. The molecule has 1 unspecified atom stereocenters. The molecule has 3 rings (SSSR count). The van der Waals surface area contributed by atoms with Crippen LogP contribution in [0.4, 0.5) is 0 Å². The molecule has 0 radical (unpaired) electrons. The summed E-state index contributed by atoms with van der Waals surface area (Å²) in [6.07, 6.45) is 0. The van der Waals surface area contributed by atoms with Crippen LogP contribution in [-0.2, 0) is 16.6 Å². The Hall–Kier alpha value is -2.46. The quantitative estimate of drug-likeness (QED) is 0.550. The maximum Gasteiger partial charge on any atom is 0.263 e. The van der Waals surface area contributed by atoms with Crippen LogP contribution in [0.25, 0.3) is 0 Å². The Bertz CT molecular complexity index is 1140. The van der Waals surface area contributed by atoms with Gasteiger partial charge in [0.15, 0.2) is 0 Å². The maximum absolute atomic E-state index is 12.7. The van der Waals surface area contributed by atoms with Crippen LogP contribution >= 0.6 is 22.9 Å². The largest absolute Gasteiger partial charge is 0.486 e. The molecule has 10 heteroatoms. The summed E-state index contributed by atoms with van der Waals surface area (Å²) in [4.78, 5) is 17.6. The predicted molar refractivity (Wildman–Crippen MR) is 116 cm³/mol. The second-order valence-corrected chi connectivity index (χ2v) is 9.66. The third kappa shape index (κ3) is 5.57. The van der Waals surface area contributed by atoms with Crippen molar-refractivity contribution in [2.45, 2.75) is 31.4 Å². The number of benzene rings is 2. The van der Waals surface area contributed by atoms with Gasteiger partial charge in [-0.2, -0.15) is 0 Å². The lowest BCUT2D eigenvalue weighted by molar-refractivity contribution is 0.0943. The Morgan fingerprint density at radius 3 is 2.43 bits per heavy atom. The molecule has 1 amide bonds. The molecular formula is C20H20ClN3O4S2. The number of hydrogen-bond acceptors (Lipinski definition) is 6. The van der Waals surface area contributed by atoms with Crippen molar-refractivity contribution in [3.8, 4) is 5.75 Å². The molecule has 30 heavy (non-hydrogen) atoms. The standard InChI is InChI=1S/C20H20ClN3O4S2/c1-12(14-3-9-17(10-4-14)30(22,26)27)24-20(25)19-13(2)23-18(29-19)11-28-16-7-5-15(21)6-8-16/h3-10,12H,11H2,1-2H3,(H,24,25)(H2,22,26,27). The first-order valence-corrected chi connectivity index (χ1v) is 11.7. The van der Waals surface area contributed by atoms with Gasteiger partial charge in [0.05, 0.1) is 16.6 Å². The summed E-state index contributed by atoms with van der Waals surface area (Å²) in [6, 6.07) is 12.7. The zero-order valence-corrected chi connectivity index (χ0v) is 18.6. The van der Waals surface area contributed by atoms with Gasteiger partial charge < -0.3 is 10.1 Å².